The Labute approximate surface area is 176 Å². The number of carbonyl (C=O) groups excluding carboxylic acids is 1. The van der Waals surface area contributed by atoms with Crippen molar-refractivity contribution in [3.8, 4) is 5.75 Å². The largest absolute Gasteiger partial charge is 0.489 e. The Hall–Kier alpha value is -2.83. The summed E-state index contributed by atoms with van der Waals surface area (Å²) in [6.45, 7) is 6.02. The fraction of sp³-hybridized carbons (Fsp3) is 0.273. The minimum Gasteiger partial charge on any atom is -0.489 e. The molecule has 0 unspecified atom stereocenters. The van der Waals surface area contributed by atoms with E-state index in [-0.39, 0.29) is 11.4 Å². The predicted molar refractivity (Wildman–Crippen MR) is 119 cm³/mol. The zero-order valence-electron chi connectivity index (χ0n) is 17.4. The maximum absolute atomic E-state index is 11.5. The molecule has 0 aliphatic rings. The fourth-order valence-electron chi connectivity index (χ4n) is 3.10. The third kappa shape index (κ3) is 5.16. The summed E-state index contributed by atoms with van der Waals surface area (Å²) in [5, 5.41) is 12.1. The van der Waals surface area contributed by atoms with Gasteiger partial charge in [0.1, 0.15) is 12.4 Å². The third-order valence-corrected chi connectivity index (χ3v) is 4.99. The van der Waals surface area contributed by atoms with Crippen LogP contribution in [0.15, 0.2) is 47.7 Å². The summed E-state index contributed by atoms with van der Waals surface area (Å²) in [5.41, 5.74) is 5.52. The molecule has 0 bridgehead atoms. The number of benzene rings is 2. The van der Waals surface area contributed by atoms with Crippen molar-refractivity contribution in [2.75, 3.05) is 19.1 Å². The summed E-state index contributed by atoms with van der Waals surface area (Å²) in [4.78, 5) is 11.5. The van der Waals surface area contributed by atoms with Crippen LogP contribution >= 0.6 is 11.6 Å². The van der Waals surface area contributed by atoms with Gasteiger partial charge in [-0.2, -0.15) is 0 Å². The highest BCUT2D eigenvalue weighted by Crippen LogP contribution is 2.26. The lowest BCUT2D eigenvalue weighted by Gasteiger charge is -2.20. The summed E-state index contributed by atoms with van der Waals surface area (Å²) in [5.74, 6) is 6.65. The van der Waals surface area contributed by atoms with Gasteiger partial charge in [0.15, 0.2) is 0 Å². The van der Waals surface area contributed by atoms with E-state index < -0.39 is 5.24 Å². The molecule has 0 radical (unpaired) electrons. The summed E-state index contributed by atoms with van der Waals surface area (Å²) in [6, 6.07) is 11.4. The van der Waals surface area contributed by atoms with Crippen LogP contribution in [0, 0.1) is 19.3 Å². The van der Waals surface area contributed by atoms with Crippen molar-refractivity contribution in [3.63, 3.8) is 0 Å². The number of hydrogen-bond acceptors (Lipinski definition) is 6. The van der Waals surface area contributed by atoms with E-state index in [1.165, 1.54) is 0 Å². The maximum Gasteiger partial charge on any atom is 0.268 e. The molecule has 2 aromatic rings. The van der Waals surface area contributed by atoms with Crippen LogP contribution in [0.5, 0.6) is 5.75 Å². The molecule has 7 heteroatoms. The summed E-state index contributed by atoms with van der Waals surface area (Å²) < 4.78 is 6.04. The standard InChI is InChI=1S/C22H27ClN4O2/c1-13-7-6-8-18(27(5)25)17(13)12-29-19-10-9-16(11-14(19)2)20(24)15(3)21(26-4)22(23)28/h6-11,24,26H,12,25H2,1-5H3/b21-15-,24-20?. The maximum atomic E-state index is 11.5. The molecule has 0 saturated carbocycles. The lowest BCUT2D eigenvalue weighted by molar-refractivity contribution is -0.108. The number of halogens is 1. The second kappa shape index (κ2) is 9.58. The molecule has 4 N–H and O–H groups in total. The Morgan fingerprint density at radius 3 is 2.48 bits per heavy atom. The number of aryl methyl sites for hydroxylation is 2. The Morgan fingerprint density at radius 1 is 1.24 bits per heavy atom. The number of likely N-dealkylation sites (N-methyl/N-ethyl adjacent to an activating group) is 1. The normalized spacial score (nSPS) is 11.6. The summed E-state index contributed by atoms with van der Waals surface area (Å²) >= 11 is 5.59. The quantitative estimate of drug-likeness (QED) is 0.201. The van der Waals surface area contributed by atoms with Crippen molar-refractivity contribution in [2.45, 2.75) is 27.4 Å². The number of carbonyl (C=O) groups is 1. The van der Waals surface area contributed by atoms with Gasteiger partial charge in [-0.1, -0.05) is 12.1 Å². The van der Waals surface area contributed by atoms with E-state index in [4.69, 9.17) is 27.6 Å². The third-order valence-electron chi connectivity index (χ3n) is 4.80. The van der Waals surface area contributed by atoms with Gasteiger partial charge in [0.2, 0.25) is 0 Å². The molecule has 0 aliphatic carbocycles. The molecule has 2 aromatic carbocycles. The van der Waals surface area contributed by atoms with Crippen molar-refractivity contribution < 1.29 is 9.53 Å². The topological polar surface area (TPSA) is 91.4 Å². The van der Waals surface area contributed by atoms with Crippen LogP contribution in [0.25, 0.3) is 0 Å². The molecule has 0 aliphatic heterocycles. The van der Waals surface area contributed by atoms with Crippen LogP contribution in [0.4, 0.5) is 5.69 Å². The average molecular weight is 415 g/mol. The molecule has 6 nitrogen and oxygen atoms in total. The highest BCUT2D eigenvalue weighted by Gasteiger charge is 2.15. The van der Waals surface area contributed by atoms with E-state index in [2.05, 4.69) is 5.32 Å². The number of rotatable bonds is 8. The van der Waals surface area contributed by atoms with E-state index in [9.17, 15) is 4.79 Å². The Balaban J connectivity index is 2.26. The zero-order chi connectivity index (χ0) is 21.7. The number of nitrogens with two attached hydrogens (primary N) is 1. The van der Waals surface area contributed by atoms with Gasteiger partial charge in [-0.15, -0.1) is 0 Å². The summed E-state index contributed by atoms with van der Waals surface area (Å²) in [7, 11) is 3.40. The monoisotopic (exact) mass is 414 g/mol. The lowest BCUT2D eigenvalue weighted by atomic mass is 10.00. The van der Waals surface area contributed by atoms with Gasteiger partial charge in [0.05, 0.1) is 17.1 Å². The first-order valence-corrected chi connectivity index (χ1v) is 9.53. The van der Waals surface area contributed by atoms with Crippen LogP contribution in [0.1, 0.15) is 29.2 Å². The van der Waals surface area contributed by atoms with Crippen LogP contribution in [0.2, 0.25) is 0 Å². The lowest BCUT2D eigenvalue weighted by Crippen LogP contribution is -2.26. The summed E-state index contributed by atoms with van der Waals surface area (Å²) in [6.07, 6.45) is 0. The predicted octanol–water partition coefficient (Wildman–Crippen LogP) is 3.82. The molecule has 0 heterocycles. The molecule has 0 fully saturated rings. The first kappa shape index (κ1) is 22.5. The van der Waals surface area contributed by atoms with Crippen molar-refractivity contribution in [2.24, 2.45) is 5.84 Å². The minimum atomic E-state index is -0.620. The van der Waals surface area contributed by atoms with E-state index in [0.29, 0.717) is 17.7 Å². The number of nitrogens with zero attached hydrogens (tertiary/aromatic N) is 1. The van der Waals surface area contributed by atoms with E-state index in [1.54, 1.807) is 32.1 Å². The fourth-order valence-corrected chi connectivity index (χ4v) is 3.33. The highest BCUT2D eigenvalue weighted by molar-refractivity contribution is 6.67. The Morgan fingerprint density at radius 2 is 1.93 bits per heavy atom. The molecule has 2 rings (SSSR count). The van der Waals surface area contributed by atoms with Crippen molar-refractivity contribution in [1.29, 1.82) is 5.41 Å². The first-order valence-electron chi connectivity index (χ1n) is 9.15. The number of nitrogens with one attached hydrogen (secondary N) is 2. The van der Waals surface area contributed by atoms with Gasteiger partial charge in [0.25, 0.3) is 5.24 Å². The van der Waals surface area contributed by atoms with E-state index in [0.717, 1.165) is 28.1 Å². The van der Waals surface area contributed by atoms with Crippen LogP contribution in [-0.4, -0.2) is 25.0 Å². The van der Waals surface area contributed by atoms with Gasteiger partial charge in [0, 0.05) is 30.8 Å². The van der Waals surface area contributed by atoms with Gasteiger partial charge < -0.3 is 15.1 Å². The average Bonchev–Trinajstić information content (AvgIpc) is 2.67. The second-order valence-corrected chi connectivity index (χ2v) is 7.19. The molecule has 29 heavy (non-hydrogen) atoms. The molecule has 0 saturated heterocycles. The smallest absolute Gasteiger partial charge is 0.268 e. The van der Waals surface area contributed by atoms with Gasteiger partial charge in [-0.05, 0) is 67.8 Å². The first-order chi connectivity index (χ1) is 13.7. The molecular formula is C22H27ClN4O2. The van der Waals surface area contributed by atoms with Crippen molar-refractivity contribution >= 4 is 28.2 Å². The van der Waals surface area contributed by atoms with E-state index in [1.807, 2.05) is 44.2 Å². The minimum absolute atomic E-state index is 0.215. The molecule has 0 spiro atoms. The van der Waals surface area contributed by atoms with Crippen molar-refractivity contribution in [1.82, 2.24) is 5.32 Å². The molecule has 154 valence electrons. The van der Waals surface area contributed by atoms with Crippen LogP contribution in [0.3, 0.4) is 0 Å². The molecule has 0 atom stereocenters. The number of hydrazine groups is 1. The number of anilines is 1. The van der Waals surface area contributed by atoms with E-state index >= 15 is 0 Å². The highest BCUT2D eigenvalue weighted by atomic mass is 35.5. The molecule has 0 amide bonds. The van der Waals surface area contributed by atoms with Gasteiger partial charge in [-0.3, -0.25) is 10.2 Å². The number of ether oxygens (including phenoxy) is 1. The molecular weight excluding hydrogens is 388 g/mol. The van der Waals surface area contributed by atoms with Crippen molar-refractivity contribution in [3.05, 3.63) is 69.9 Å². The van der Waals surface area contributed by atoms with Crippen LogP contribution < -0.4 is 20.9 Å². The van der Waals surface area contributed by atoms with Crippen LogP contribution in [-0.2, 0) is 11.4 Å². The Bertz CT molecular complexity index is 967. The molecule has 0 aromatic heterocycles. The van der Waals surface area contributed by atoms with Gasteiger partial charge >= 0.3 is 0 Å². The Kier molecular flexibility index (Phi) is 7.42. The number of allylic oxidation sites excluding steroid dienone is 2. The SMILES string of the molecule is CN/C(C(=O)Cl)=C(/C)C(=N)c1ccc(OCc2c(C)cccc2N(C)N)c(C)c1. The van der Waals surface area contributed by atoms with Gasteiger partial charge in [-0.25, -0.2) is 5.84 Å². The zero-order valence-corrected chi connectivity index (χ0v) is 18.1. The number of hydrogen-bond donors (Lipinski definition) is 3. The second-order valence-electron chi connectivity index (χ2n) is 6.85.